The van der Waals surface area contributed by atoms with Gasteiger partial charge in [0.2, 0.25) is 0 Å². The summed E-state index contributed by atoms with van der Waals surface area (Å²) in [6.07, 6.45) is 8.27. The standard InChI is InChI=1S/C34H46.C21H25.C10H15.C3H6.2ClH.Zr/c1-21-15-26(33(6,7)8)16-24(21)14-22(2)28-19-27(34(9,10)11)20-31-29-18-25(32(3,4)5)13-12-23(29)17-30(28)31;1-20(2,3)16-9-7-14-11-15-8-10-17(21(4,5)6)13-19(15)18(14)12-16;1-8-5-6-9(7-8)10(2,3)4;1-3-2;;;/h12-13,15-16,18-20,22,24H,14,17H2,1-11H3;7,9-10,12-13H,11H2,1-6H3;5-7H,1-4H3;1-2H3;2*1H;/q;2*-1;;;;+2/p-2. The summed E-state index contributed by atoms with van der Waals surface area (Å²) in [5, 5.41) is 0. The van der Waals surface area contributed by atoms with Crippen LogP contribution in [-0.2, 0) is 64.2 Å². The maximum Gasteiger partial charge on any atom is -0.0635 e. The van der Waals surface area contributed by atoms with E-state index >= 15 is 0 Å². The van der Waals surface area contributed by atoms with Gasteiger partial charge in [0.25, 0.3) is 0 Å². The Labute approximate surface area is 463 Å². The maximum absolute atomic E-state index is 3.53. The summed E-state index contributed by atoms with van der Waals surface area (Å²) < 4.78 is 1.51. The summed E-state index contributed by atoms with van der Waals surface area (Å²) >= 11 is 1.55. The van der Waals surface area contributed by atoms with Crippen molar-refractivity contribution >= 4 is 3.21 Å². The molecule has 0 N–H and O–H groups in total. The summed E-state index contributed by atoms with van der Waals surface area (Å²) in [6, 6.07) is 34.0. The van der Waals surface area contributed by atoms with Crippen molar-refractivity contribution in [3.05, 3.63) is 169 Å². The van der Waals surface area contributed by atoms with E-state index in [1.54, 1.807) is 35.4 Å². The van der Waals surface area contributed by atoms with Gasteiger partial charge in [-0.15, -0.1) is 5.56 Å². The average molecular weight is 1070 g/mol. The first kappa shape index (κ1) is 62.3. The van der Waals surface area contributed by atoms with Gasteiger partial charge in [-0.05, 0) is 110 Å². The van der Waals surface area contributed by atoms with Crippen LogP contribution < -0.4 is 24.8 Å². The van der Waals surface area contributed by atoms with Crippen molar-refractivity contribution < 1.29 is 49.0 Å². The summed E-state index contributed by atoms with van der Waals surface area (Å²) in [7, 11) is 0. The molecule has 0 heterocycles. The zero-order valence-corrected chi connectivity index (χ0v) is 52.7. The molecule has 3 aliphatic carbocycles. The molecule has 0 nitrogen and oxygen atoms in total. The Bertz CT molecular complexity index is 2640. The van der Waals surface area contributed by atoms with Gasteiger partial charge in [-0.3, -0.25) is 0 Å². The van der Waals surface area contributed by atoms with E-state index in [1.165, 1.54) is 93.1 Å². The van der Waals surface area contributed by atoms with Gasteiger partial charge in [0.1, 0.15) is 0 Å². The molecule has 0 aromatic heterocycles. The molecule has 0 aliphatic heterocycles. The number of halogens is 2. The third-order valence-corrected chi connectivity index (χ3v) is 14.4. The second-order valence-electron chi connectivity index (χ2n) is 27.4. The number of fused-ring (bicyclic) bond motifs is 6. The van der Waals surface area contributed by atoms with Gasteiger partial charge in [-0.1, -0.05) is 227 Å². The first-order valence-corrected chi connectivity index (χ1v) is 27.3. The smallest absolute Gasteiger partial charge is 0.0635 e. The Hall–Kier alpha value is -2.96. The van der Waals surface area contributed by atoms with E-state index in [0.717, 1.165) is 12.8 Å². The van der Waals surface area contributed by atoms with Crippen molar-refractivity contribution in [2.24, 2.45) is 11.3 Å². The van der Waals surface area contributed by atoms with Gasteiger partial charge in [-0.25, -0.2) is 6.07 Å². The minimum atomic E-state index is 0. The quantitative estimate of drug-likeness (QED) is 0.155. The molecule has 0 bridgehead atoms. The zero-order valence-electron chi connectivity index (χ0n) is 48.7. The molecule has 2 unspecified atom stereocenters. The minimum absolute atomic E-state index is 0. The molecule has 5 aromatic rings. The molecule has 0 spiro atoms. The van der Waals surface area contributed by atoms with Crippen LogP contribution in [0.15, 0.2) is 102 Å². The van der Waals surface area contributed by atoms with Crippen LogP contribution in [0.4, 0.5) is 0 Å². The Morgan fingerprint density at radius 1 is 0.577 bits per heavy atom. The Morgan fingerprint density at radius 3 is 1.45 bits per heavy atom. The molecule has 384 valence electrons. The molecule has 0 saturated heterocycles. The van der Waals surface area contributed by atoms with Crippen molar-refractivity contribution in [1.82, 2.24) is 0 Å². The van der Waals surface area contributed by atoms with Crippen molar-refractivity contribution in [2.45, 2.75) is 212 Å². The van der Waals surface area contributed by atoms with Crippen LogP contribution in [0.3, 0.4) is 0 Å². The second-order valence-corrected chi connectivity index (χ2v) is 29.9. The van der Waals surface area contributed by atoms with Crippen molar-refractivity contribution in [2.75, 3.05) is 0 Å². The van der Waals surface area contributed by atoms with Crippen molar-refractivity contribution in [3.63, 3.8) is 0 Å². The van der Waals surface area contributed by atoms with Gasteiger partial charge in [0.15, 0.2) is 0 Å². The Balaban J connectivity index is 0.000000305. The molecule has 0 fully saturated rings. The van der Waals surface area contributed by atoms with Crippen LogP contribution in [0.1, 0.15) is 226 Å². The second kappa shape index (κ2) is 23.3. The molecule has 0 saturated carbocycles. The van der Waals surface area contributed by atoms with E-state index in [0.29, 0.717) is 17.3 Å². The van der Waals surface area contributed by atoms with E-state index in [4.69, 9.17) is 0 Å². The minimum Gasteiger partial charge on any atom is -1.00 e. The van der Waals surface area contributed by atoms with E-state index in [1.807, 2.05) is 0 Å². The van der Waals surface area contributed by atoms with Crippen LogP contribution in [0, 0.1) is 24.3 Å². The molecule has 8 rings (SSSR count). The third-order valence-electron chi connectivity index (χ3n) is 14.4. The monoisotopic (exact) mass is 1070 g/mol. The van der Waals surface area contributed by atoms with E-state index in [-0.39, 0.29) is 51.9 Å². The van der Waals surface area contributed by atoms with Gasteiger partial charge in [0.05, 0.1) is 0 Å². The first-order valence-electron chi connectivity index (χ1n) is 26.1. The van der Waals surface area contributed by atoms with Crippen molar-refractivity contribution in [1.29, 1.82) is 0 Å². The molecule has 3 heteroatoms. The molecule has 0 amide bonds. The number of hydrogen-bond acceptors (Lipinski definition) is 0. The fourth-order valence-corrected chi connectivity index (χ4v) is 9.63. The predicted molar refractivity (Wildman–Crippen MR) is 303 cm³/mol. The van der Waals surface area contributed by atoms with Gasteiger partial charge >= 0.3 is 41.3 Å². The van der Waals surface area contributed by atoms with Gasteiger partial charge in [-0.2, -0.15) is 52.6 Å². The summed E-state index contributed by atoms with van der Waals surface area (Å²) in [6.45, 7) is 52.5. The number of hydrogen-bond donors (Lipinski definition) is 0. The average Bonchev–Trinajstić information content (AvgIpc) is 3.99. The maximum atomic E-state index is 3.53. The van der Waals surface area contributed by atoms with E-state index < -0.39 is 0 Å². The Morgan fingerprint density at radius 2 is 1.03 bits per heavy atom. The van der Waals surface area contributed by atoms with E-state index in [2.05, 4.69) is 256 Å². The fourth-order valence-electron chi connectivity index (χ4n) is 9.63. The predicted octanol–water partition coefficient (Wildman–Crippen LogP) is 13.3. The number of aryl methyl sites for hydroxylation is 1. The van der Waals surface area contributed by atoms with Crippen LogP contribution >= 0.6 is 0 Å². The first-order chi connectivity index (χ1) is 31.4. The molecular formula is C68H92Cl2Zr-2. The number of allylic oxidation sites excluding steroid dienone is 4. The molecule has 5 aromatic carbocycles. The van der Waals surface area contributed by atoms with Crippen LogP contribution in [0.2, 0.25) is 0 Å². The van der Waals surface area contributed by atoms with Crippen LogP contribution in [-0.4, -0.2) is 3.21 Å². The normalized spacial score (nSPS) is 15.3. The van der Waals surface area contributed by atoms with Crippen molar-refractivity contribution in [3.8, 4) is 22.3 Å². The molecule has 0 radical (unpaired) electrons. The summed E-state index contributed by atoms with van der Waals surface area (Å²) in [4.78, 5) is 0. The number of benzene rings is 4. The summed E-state index contributed by atoms with van der Waals surface area (Å²) in [5.41, 5.74) is 25.9. The van der Waals surface area contributed by atoms with Gasteiger partial charge < -0.3 is 24.8 Å². The summed E-state index contributed by atoms with van der Waals surface area (Å²) in [5.74, 6) is 1.07. The largest absolute Gasteiger partial charge is 1.00 e. The topological polar surface area (TPSA) is 0 Å². The molecule has 2 atom stereocenters. The number of rotatable bonds is 3. The zero-order chi connectivity index (χ0) is 52.0. The fraction of sp³-hybridized carbons (Fsp3) is 0.500. The SMILES string of the molecule is CC(C)(C)c1c[c-]c2c(c1)-c1cc(C(C)(C)C)ccc1C2.CC1=CC(C(C)(C)C)=CC1CC(C)c1cc(C(C)(C)C)cc2c1Cc1ccc(C(C)(C)C)cc1-2.C[C](C)=[Zr+2].Cc1cc(C(C)(C)C)c[cH-]1.[Cl-].[Cl-]. The van der Waals surface area contributed by atoms with Gasteiger partial charge in [0, 0.05) is 0 Å². The molecule has 71 heavy (non-hydrogen) atoms. The molecule has 3 aliphatic rings. The third kappa shape index (κ3) is 16.0. The van der Waals surface area contributed by atoms with E-state index in [9.17, 15) is 0 Å². The Kier molecular flexibility index (Phi) is 20.5. The van der Waals surface area contributed by atoms with Crippen LogP contribution in [0.5, 0.6) is 0 Å². The molecular weight excluding hydrogens is 979 g/mol. The van der Waals surface area contributed by atoms with Crippen LogP contribution in [0.25, 0.3) is 22.3 Å².